The summed E-state index contributed by atoms with van der Waals surface area (Å²) in [5.74, 6) is -0.480. The number of carbonyl (C=O) groups excluding carboxylic acids is 1. The second-order valence-corrected chi connectivity index (χ2v) is 7.26. The first-order valence-electron chi connectivity index (χ1n) is 9.43. The van der Waals surface area contributed by atoms with Gasteiger partial charge < -0.3 is 9.80 Å². The number of hydrogen-bond donors (Lipinski definition) is 0. The summed E-state index contributed by atoms with van der Waals surface area (Å²) in [4.78, 5) is 29.0. The van der Waals surface area contributed by atoms with E-state index in [0.717, 1.165) is 42.7 Å². The molecule has 0 radical (unpaired) electrons. The Hall–Kier alpha value is -2.70. The number of benzene rings is 1. The molecule has 7 heteroatoms. The maximum absolute atomic E-state index is 13.6. The van der Waals surface area contributed by atoms with E-state index >= 15 is 0 Å². The fraction of sp³-hybridized carbons (Fsp3) is 0.450. The van der Waals surface area contributed by atoms with Crippen LogP contribution in [0.25, 0.3) is 0 Å². The molecule has 142 valence electrons. The summed E-state index contributed by atoms with van der Waals surface area (Å²) in [6.07, 6.45) is 4.58. The Morgan fingerprint density at radius 3 is 2.74 bits per heavy atom. The summed E-state index contributed by atoms with van der Waals surface area (Å²) in [5.41, 5.74) is 2.44. The van der Waals surface area contributed by atoms with E-state index < -0.39 is 0 Å². The molecule has 1 saturated heterocycles. The Balaban J connectivity index is 1.50. The molecule has 1 atom stereocenters. The van der Waals surface area contributed by atoms with Gasteiger partial charge in [-0.2, -0.15) is 5.10 Å². The second-order valence-electron chi connectivity index (χ2n) is 7.26. The number of nitrogens with zero attached hydrogens (tertiary/aromatic N) is 4. The Kier molecular flexibility index (Phi) is 4.68. The molecular formula is C20H23FN4O2. The van der Waals surface area contributed by atoms with E-state index in [1.807, 2.05) is 6.92 Å². The van der Waals surface area contributed by atoms with Crippen molar-refractivity contribution in [3.8, 4) is 0 Å². The SMILES string of the molecule is C[C@@H]1c2cc(F)ccc2CCN1C(=O)Cn1ncc(N2CCCC2)cc1=O. The Labute approximate surface area is 157 Å². The number of fused-ring (bicyclic) bond motifs is 1. The van der Waals surface area contributed by atoms with Gasteiger partial charge in [0.05, 0.1) is 17.9 Å². The van der Waals surface area contributed by atoms with Gasteiger partial charge in [-0.25, -0.2) is 9.07 Å². The van der Waals surface area contributed by atoms with Crippen molar-refractivity contribution >= 4 is 11.6 Å². The summed E-state index contributed by atoms with van der Waals surface area (Å²) >= 11 is 0. The molecule has 3 heterocycles. The molecule has 0 aliphatic carbocycles. The highest BCUT2D eigenvalue weighted by molar-refractivity contribution is 5.77. The first kappa shape index (κ1) is 17.7. The predicted molar refractivity (Wildman–Crippen MR) is 100 cm³/mol. The van der Waals surface area contributed by atoms with E-state index in [1.54, 1.807) is 23.2 Å². The van der Waals surface area contributed by atoms with Crippen LogP contribution in [0.4, 0.5) is 10.1 Å². The van der Waals surface area contributed by atoms with E-state index in [1.165, 1.54) is 16.8 Å². The van der Waals surface area contributed by atoms with Gasteiger partial charge in [0.25, 0.3) is 5.56 Å². The molecule has 2 aliphatic rings. The fourth-order valence-electron chi connectivity index (χ4n) is 4.04. The third-order valence-corrected chi connectivity index (χ3v) is 5.58. The molecule has 27 heavy (non-hydrogen) atoms. The fourth-order valence-corrected chi connectivity index (χ4v) is 4.04. The van der Waals surface area contributed by atoms with Gasteiger partial charge in [0.1, 0.15) is 12.4 Å². The van der Waals surface area contributed by atoms with E-state index in [0.29, 0.717) is 13.0 Å². The van der Waals surface area contributed by atoms with Crippen LogP contribution in [0.5, 0.6) is 0 Å². The molecule has 0 unspecified atom stereocenters. The molecule has 4 rings (SSSR count). The number of amides is 1. The Morgan fingerprint density at radius 2 is 2.00 bits per heavy atom. The summed E-state index contributed by atoms with van der Waals surface area (Å²) in [6, 6.07) is 6.06. The lowest BCUT2D eigenvalue weighted by Crippen LogP contribution is -2.42. The average Bonchev–Trinajstić information content (AvgIpc) is 3.19. The van der Waals surface area contributed by atoms with Crippen molar-refractivity contribution in [3.05, 3.63) is 57.8 Å². The van der Waals surface area contributed by atoms with Crippen molar-refractivity contribution in [2.45, 2.75) is 38.8 Å². The zero-order valence-corrected chi connectivity index (χ0v) is 15.4. The lowest BCUT2D eigenvalue weighted by Gasteiger charge is -2.35. The van der Waals surface area contributed by atoms with Gasteiger partial charge in [-0.15, -0.1) is 0 Å². The van der Waals surface area contributed by atoms with Crippen LogP contribution < -0.4 is 10.5 Å². The number of carbonyl (C=O) groups is 1. The molecule has 1 fully saturated rings. The van der Waals surface area contributed by atoms with Crippen molar-refractivity contribution in [3.63, 3.8) is 0 Å². The van der Waals surface area contributed by atoms with Gasteiger partial charge in [0.2, 0.25) is 5.91 Å². The quantitative estimate of drug-likeness (QED) is 0.831. The van der Waals surface area contributed by atoms with E-state index in [-0.39, 0.29) is 29.9 Å². The van der Waals surface area contributed by atoms with Crippen molar-refractivity contribution in [1.82, 2.24) is 14.7 Å². The van der Waals surface area contributed by atoms with Gasteiger partial charge >= 0.3 is 0 Å². The van der Waals surface area contributed by atoms with Crippen LogP contribution in [-0.4, -0.2) is 40.2 Å². The Morgan fingerprint density at radius 1 is 1.22 bits per heavy atom. The van der Waals surface area contributed by atoms with Gasteiger partial charge in [0, 0.05) is 25.7 Å². The van der Waals surface area contributed by atoms with Gasteiger partial charge in [-0.3, -0.25) is 9.59 Å². The summed E-state index contributed by atoms with van der Waals surface area (Å²) in [6.45, 7) is 4.21. The smallest absolute Gasteiger partial charge is 0.269 e. The molecule has 1 aromatic carbocycles. The van der Waals surface area contributed by atoms with Crippen LogP contribution in [0.3, 0.4) is 0 Å². The first-order valence-corrected chi connectivity index (χ1v) is 9.43. The molecule has 2 aliphatic heterocycles. The highest BCUT2D eigenvalue weighted by Gasteiger charge is 2.28. The van der Waals surface area contributed by atoms with Crippen LogP contribution in [0.1, 0.15) is 36.9 Å². The minimum absolute atomic E-state index is 0.103. The topological polar surface area (TPSA) is 58.4 Å². The standard InChI is InChI=1S/C20H23FN4O2/c1-14-18-10-16(21)5-4-15(18)6-9-24(14)20(27)13-25-19(26)11-17(12-22-25)23-7-2-3-8-23/h4-5,10-12,14H,2-3,6-9,13H2,1H3/t14-/m1/s1. The summed E-state index contributed by atoms with van der Waals surface area (Å²) in [5, 5.41) is 4.20. The number of aromatic nitrogens is 2. The first-order chi connectivity index (χ1) is 13.0. The van der Waals surface area contributed by atoms with Crippen LogP contribution in [-0.2, 0) is 17.8 Å². The number of anilines is 1. The molecule has 2 aromatic rings. The zero-order valence-electron chi connectivity index (χ0n) is 15.4. The largest absolute Gasteiger partial charge is 0.370 e. The van der Waals surface area contributed by atoms with Gasteiger partial charge in [-0.1, -0.05) is 6.07 Å². The van der Waals surface area contributed by atoms with Crippen LogP contribution in [0.15, 0.2) is 35.3 Å². The lowest BCUT2D eigenvalue weighted by atomic mass is 9.93. The minimum Gasteiger partial charge on any atom is -0.370 e. The van der Waals surface area contributed by atoms with E-state index in [2.05, 4.69) is 10.00 Å². The van der Waals surface area contributed by atoms with Crippen molar-refractivity contribution in [2.24, 2.45) is 0 Å². The molecule has 0 saturated carbocycles. The zero-order chi connectivity index (χ0) is 19.0. The summed E-state index contributed by atoms with van der Waals surface area (Å²) in [7, 11) is 0. The highest BCUT2D eigenvalue weighted by atomic mass is 19.1. The van der Waals surface area contributed by atoms with E-state index in [4.69, 9.17) is 0 Å². The van der Waals surface area contributed by atoms with Crippen LogP contribution >= 0.6 is 0 Å². The maximum atomic E-state index is 13.6. The molecule has 0 bridgehead atoms. The van der Waals surface area contributed by atoms with E-state index in [9.17, 15) is 14.0 Å². The number of hydrogen-bond acceptors (Lipinski definition) is 4. The van der Waals surface area contributed by atoms with Crippen molar-refractivity contribution in [1.29, 1.82) is 0 Å². The van der Waals surface area contributed by atoms with Crippen molar-refractivity contribution < 1.29 is 9.18 Å². The van der Waals surface area contributed by atoms with Gasteiger partial charge in [-0.05, 0) is 49.4 Å². The third-order valence-electron chi connectivity index (χ3n) is 5.58. The van der Waals surface area contributed by atoms with Crippen molar-refractivity contribution in [2.75, 3.05) is 24.5 Å². The van der Waals surface area contributed by atoms with Crippen LogP contribution in [0, 0.1) is 5.82 Å². The summed E-state index contributed by atoms with van der Waals surface area (Å²) < 4.78 is 14.8. The number of rotatable bonds is 3. The molecule has 1 aromatic heterocycles. The minimum atomic E-state index is -0.301. The number of halogens is 1. The lowest BCUT2D eigenvalue weighted by molar-refractivity contribution is -0.134. The Bertz CT molecular complexity index is 920. The predicted octanol–water partition coefficient (Wildman–Crippen LogP) is 2.13. The monoisotopic (exact) mass is 370 g/mol. The normalized spacial score (nSPS) is 19.3. The average molecular weight is 370 g/mol. The molecule has 6 nitrogen and oxygen atoms in total. The maximum Gasteiger partial charge on any atom is 0.269 e. The second kappa shape index (κ2) is 7.13. The molecule has 0 N–H and O–H groups in total. The van der Waals surface area contributed by atoms with Crippen LogP contribution in [0.2, 0.25) is 0 Å². The molecule has 1 amide bonds. The highest BCUT2D eigenvalue weighted by Crippen LogP contribution is 2.30. The molecular weight excluding hydrogens is 347 g/mol. The van der Waals surface area contributed by atoms with Gasteiger partial charge in [0.15, 0.2) is 0 Å². The molecule has 0 spiro atoms. The third kappa shape index (κ3) is 3.46.